The zero-order valence-corrected chi connectivity index (χ0v) is 7.68. The van der Waals surface area contributed by atoms with E-state index in [1.807, 2.05) is 0 Å². The number of aliphatic hydroxyl groups excluding tert-OH is 1. The average Bonchev–Trinajstić information content (AvgIpc) is 2.08. The lowest BCUT2D eigenvalue weighted by molar-refractivity contribution is 0.238. The molecule has 1 rings (SSSR count). The molecule has 1 N–H and O–H groups in total. The zero-order chi connectivity index (χ0) is 9.14. The first-order valence-electron chi connectivity index (χ1n) is 3.24. The Balaban J connectivity index is 3.06. The van der Waals surface area contributed by atoms with E-state index in [2.05, 4.69) is 21.9 Å². The molecule has 1 nitrogen and oxygen atoms in total. The molecule has 0 heterocycles. The van der Waals surface area contributed by atoms with Crippen molar-refractivity contribution in [3.8, 4) is 12.3 Å². The van der Waals surface area contributed by atoms with E-state index >= 15 is 0 Å². The summed E-state index contributed by atoms with van der Waals surface area (Å²) in [6, 6.07) is 4.28. The van der Waals surface area contributed by atoms with Gasteiger partial charge in [0.25, 0.3) is 0 Å². The van der Waals surface area contributed by atoms with Crippen molar-refractivity contribution in [1.29, 1.82) is 0 Å². The molecule has 62 valence electrons. The summed E-state index contributed by atoms with van der Waals surface area (Å²) in [6.45, 7) is 0. The van der Waals surface area contributed by atoms with Gasteiger partial charge in [0, 0.05) is 0 Å². The van der Waals surface area contributed by atoms with E-state index in [1.54, 1.807) is 6.07 Å². The Morgan fingerprint density at radius 1 is 1.58 bits per heavy atom. The fourth-order valence-electron chi connectivity index (χ4n) is 0.779. The second kappa shape index (κ2) is 3.70. The number of hydrogen-bond donors (Lipinski definition) is 1. The van der Waals surface area contributed by atoms with Crippen LogP contribution in [0.4, 0.5) is 4.39 Å². The van der Waals surface area contributed by atoms with Crippen LogP contribution in [0, 0.1) is 18.2 Å². The molecule has 0 saturated heterocycles. The Morgan fingerprint density at radius 3 is 2.75 bits per heavy atom. The Kier molecular flexibility index (Phi) is 2.85. The smallest absolute Gasteiger partial charge is 0.140 e. The van der Waals surface area contributed by atoms with Gasteiger partial charge in [-0.3, -0.25) is 0 Å². The normalized spacial score (nSPS) is 12.2. The van der Waals surface area contributed by atoms with Crippen LogP contribution < -0.4 is 0 Å². The van der Waals surface area contributed by atoms with Crippen LogP contribution in [0.15, 0.2) is 22.7 Å². The summed E-state index contributed by atoms with van der Waals surface area (Å²) in [7, 11) is 0. The Bertz CT molecular complexity index is 330. The topological polar surface area (TPSA) is 20.2 Å². The van der Waals surface area contributed by atoms with Crippen LogP contribution in [-0.4, -0.2) is 5.11 Å². The third kappa shape index (κ3) is 1.84. The van der Waals surface area contributed by atoms with Crippen molar-refractivity contribution in [2.75, 3.05) is 0 Å². The lowest BCUT2D eigenvalue weighted by atomic mass is 10.1. The van der Waals surface area contributed by atoms with Gasteiger partial charge in [0.05, 0.1) is 4.47 Å². The summed E-state index contributed by atoms with van der Waals surface area (Å²) in [5, 5.41) is 9.13. The monoisotopic (exact) mass is 228 g/mol. The summed E-state index contributed by atoms with van der Waals surface area (Å²) in [5.74, 6) is 1.67. The first-order valence-corrected chi connectivity index (χ1v) is 4.03. The fourth-order valence-corrected chi connectivity index (χ4v) is 1.03. The minimum absolute atomic E-state index is 0.357. The van der Waals surface area contributed by atoms with Crippen LogP contribution in [0.3, 0.4) is 0 Å². The summed E-state index contributed by atoms with van der Waals surface area (Å²) in [4.78, 5) is 0. The number of halogens is 2. The maximum atomic E-state index is 12.8. The van der Waals surface area contributed by atoms with E-state index in [-0.39, 0.29) is 0 Å². The van der Waals surface area contributed by atoms with Crippen LogP contribution >= 0.6 is 15.9 Å². The van der Waals surface area contributed by atoms with Gasteiger partial charge in [0.15, 0.2) is 0 Å². The number of hydrogen-bond acceptors (Lipinski definition) is 1. The van der Waals surface area contributed by atoms with E-state index in [0.717, 1.165) is 0 Å². The molecule has 0 amide bonds. The Morgan fingerprint density at radius 2 is 2.25 bits per heavy atom. The van der Waals surface area contributed by atoms with Crippen LogP contribution in [0.25, 0.3) is 0 Å². The van der Waals surface area contributed by atoms with E-state index in [1.165, 1.54) is 12.1 Å². The zero-order valence-electron chi connectivity index (χ0n) is 6.09. The molecule has 0 aliphatic rings. The van der Waals surface area contributed by atoms with Crippen molar-refractivity contribution in [2.24, 2.45) is 0 Å². The van der Waals surface area contributed by atoms with E-state index in [4.69, 9.17) is 11.5 Å². The Hall–Kier alpha value is -0.850. The fraction of sp³-hybridized carbons (Fsp3) is 0.111. The van der Waals surface area contributed by atoms with Crippen LogP contribution in [0.1, 0.15) is 11.7 Å². The maximum Gasteiger partial charge on any atom is 0.140 e. The molecule has 1 unspecified atom stereocenters. The number of aliphatic hydroxyl groups is 1. The van der Waals surface area contributed by atoms with E-state index in [9.17, 15) is 4.39 Å². The minimum Gasteiger partial charge on any atom is -0.376 e. The first-order chi connectivity index (χ1) is 5.65. The van der Waals surface area contributed by atoms with Gasteiger partial charge in [-0.2, -0.15) is 0 Å². The number of rotatable bonds is 1. The molecule has 1 aromatic carbocycles. The molecular weight excluding hydrogens is 223 g/mol. The molecule has 0 aliphatic carbocycles. The highest BCUT2D eigenvalue weighted by Gasteiger charge is 2.06. The van der Waals surface area contributed by atoms with Gasteiger partial charge in [-0.15, -0.1) is 6.42 Å². The summed E-state index contributed by atoms with van der Waals surface area (Å²) >= 11 is 2.99. The van der Waals surface area contributed by atoms with Gasteiger partial charge in [-0.25, -0.2) is 4.39 Å². The van der Waals surface area contributed by atoms with Gasteiger partial charge in [-0.1, -0.05) is 12.0 Å². The highest BCUT2D eigenvalue weighted by Crippen LogP contribution is 2.19. The van der Waals surface area contributed by atoms with Gasteiger partial charge in [0.1, 0.15) is 11.9 Å². The van der Waals surface area contributed by atoms with Crippen molar-refractivity contribution >= 4 is 15.9 Å². The molecule has 0 radical (unpaired) electrons. The molecule has 0 fully saturated rings. The third-order valence-corrected chi connectivity index (χ3v) is 2.06. The molecule has 1 atom stereocenters. The molecule has 12 heavy (non-hydrogen) atoms. The van der Waals surface area contributed by atoms with Gasteiger partial charge in [0.2, 0.25) is 0 Å². The molecule has 3 heteroatoms. The van der Waals surface area contributed by atoms with Crippen molar-refractivity contribution in [3.05, 3.63) is 34.1 Å². The van der Waals surface area contributed by atoms with E-state index < -0.39 is 11.9 Å². The lowest BCUT2D eigenvalue weighted by Crippen LogP contribution is -1.93. The summed E-state index contributed by atoms with van der Waals surface area (Å²) < 4.78 is 13.2. The number of terminal acetylenes is 1. The van der Waals surface area contributed by atoms with E-state index in [0.29, 0.717) is 10.0 Å². The molecule has 0 spiro atoms. The van der Waals surface area contributed by atoms with Crippen molar-refractivity contribution in [2.45, 2.75) is 6.10 Å². The van der Waals surface area contributed by atoms with Crippen LogP contribution in [0.2, 0.25) is 0 Å². The molecule has 1 aromatic rings. The van der Waals surface area contributed by atoms with Crippen LogP contribution in [0.5, 0.6) is 0 Å². The highest BCUT2D eigenvalue weighted by atomic mass is 79.9. The second-order valence-electron chi connectivity index (χ2n) is 2.24. The number of benzene rings is 1. The molecule has 0 saturated carbocycles. The highest BCUT2D eigenvalue weighted by molar-refractivity contribution is 9.10. The molecule has 0 bridgehead atoms. The van der Waals surface area contributed by atoms with Gasteiger partial charge in [-0.05, 0) is 33.6 Å². The minimum atomic E-state index is -1.03. The largest absolute Gasteiger partial charge is 0.376 e. The average molecular weight is 229 g/mol. The van der Waals surface area contributed by atoms with Crippen molar-refractivity contribution < 1.29 is 9.50 Å². The second-order valence-corrected chi connectivity index (χ2v) is 3.10. The Labute approximate surface area is 78.4 Å². The van der Waals surface area contributed by atoms with Crippen LogP contribution in [-0.2, 0) is 0 Å². The first kappa shape index (κ1) is 9.24. The molecular formula is C9H6BrFO. The van der Waals surface area contributed by atoms with Gasteiger partial charge >= 0.3 is 0 Å². The molecule has 0 aromatic heterocycles. The SMILES string of the molecule is C#CC(O)c1ccc(Br)c(F)c1. The quantitative estimate of drug-likeness (QED) is 0.732. The predicted molar refractivity (Wildman–Crippen MR) is 47.9 cm³/mol. The standard InChI is InChI=1S/C9H6BrFO/c1-2-9(12)6-3-4-7(10)8(11)5-6/h1,3-5,9,12H. The van der Waals surface area contributed by atoms with Crippen molar-refractivity contribution in [1.82, 2.24) is 0 Å². The lowest BCUT2D eigenvalue weighted by Gasteiger charge is -2.03. The van der Waals surface area contributed by atoms with Gasteiger partial charge < -0.3 is 5.11 Å². The summed E-state index contributed by atoms with van der Waals surface area (Å²) in [5.41, 5.74) is 0.387. The van der Waals surface area contributed by atoms with Crippen molar-refractivity contribution in [3.63, 3.8) is 0 Å². The third-order valence-electron chi connectivity index (χ3n) is 1.42. The summed E-state index contributed by atoms with van der Waals surface area (Å²) in [6.07, 6.45) is 3.92. The predicted octanol–water partition coefficient (Wildman–Crippen LogP) is 2.25. The maximum absolute atomic E-state index is 12.8. The molecule has 0 aliphatic heterocycles.